The van der Waals surface area contributed by atoms with E-state index in [4.69, 9.17) is 27.9 Å². The first-order valence-corrected chi connectivity index (χ1v) is 7.10. The second kappa shape index (κ2) is 7.31. The van der Waals surface area contributed by atoms with Crippen molar-refractivity contribution in [1.29, 1.82) is 0 Å². The van der Waals surface area contributed by atoms with Gasteiger partial charge in [0, 0.05) is 37.7 Å². The van der Waals surface area contributed by atoms with Crippen LogP contribution >= 0.6 is 23.2 Å². The number of nitrogens with zero attached hydrogens (tertiary/aromatic N) is 1. The molecule has 1 fully saturated rings. The van der Waals surface area contributed by atoms with Crippen LogP contribution in [0.5, 0.6) is 5.75 Å². The largest absolute Gasteiger partial charge is 0.489 e. The first-order chi connectivity index (χ1) is 9.15. The molecule has 1 aliphatic rings. The van der Waals surface area contributed by atoms with E-state index in [2.05, 4.69) is 10.2 Å². The molecule has 2 N–H and O–H groups in total. The molecular weight excluding hydrogens is 287 g/mol. The van der Waals surface area contributed by atoms with Crippen LogP contribution in [0.2, 0.25) is 10.0 Å². The molecule has 1 aliphatic heterocycles. The van der Waals surface area contributed by atoms with Crippen LogP contribution in [0.4, 0.5) is 0 Å². The van der Waals surface area contributed by atoms with Gasteiger partial charge in [0.15, 0.2) is 0 Å². The van der Waals surface area contributed by atoms with E-state index < -0.39 is 6.10 Å². The van der Waals surface area contributed by atoms with Crippen molar-refractivity contribution in [2.75, 3.05) is 39.3 Å². The number of hydrogen-bond donors (Lipinski definition) is 2. The molecule has 2 rings (SSSR count). The number of rotatable bonds is 5. The average Bonchev–Trinajstić information content (AvgIpc) is 2.39. The highest BCUT2D eigenvalue weighted by Gasteiger charge is 2.15. The summed E-state index contributed by atoms with van der Waals surface area (Å²) in [6.45, 7) is 4.70. The molecule has 0 spiro atoms. The van der Waals surface area contributed by atoms with Crippen molar-refractivity contribution in [3.8, 4) is 5.75 Å². The van der Waals surface area contributed by atoms with Gasteiger partial charge in [-0.25, -0.2) is 0 Å². The van der Waals surface area contributed by atoms with Crippen molar-refractivity contribution >= 4 is 23.2 Å². The third-order valence-corrected chi connectivity index (χ3v) is 3.53. The summed E-state index contributed by atoms with van der Waals surface area (Å²) in [7, 11) is 0. The lowest BCUT2D eigenvalue weighted by Crippen LogP contribution is -2.47. The lowest BCUT2D eigenvalue weighted by molar-refractivity contribution is 0.0642. The van der Waals surface area contributed by atoms with Crippen LogP contribution in [0.1, 0.15) is 0 Å². The monoisotopic (exact) mass is 304 g/mol. The molecule has 0 aromatic heterocycles. The van der Waals surface area contributed by atoms with Crippen LogP contribution in [0.25, 0.3) is 0 Å². The molecule has 1 atom stereocenters. The van der Waals surface area contributed by atoms with Gasteiger partial charge in [-0.3, -0.25) is 4.90 Å². The van der Waals surface area contributed by atoms with Gasteiger partial charge in [0.1, 0.15) is 18.5 Å². The third kappa shape index (κ3) is 4.82. The third-order valence-electron chi connectivity index (χ3n) is 3.00. The highest BCUT2D eigenvalue weighted by molar-refractivity contribution is 6.35. The average molecular weight is 305 g/mol. The second-order valence-electron chi connectivity index (χ2n) is 4.59. The molecule has 0 aliphatic carbocycles. The Morgan fingerprint density at radius 3 is 2.74 bits per heavy atom. The molecule has 0 bridgehead atoms. The fourth-order valence-corrected chi connectivity index (χ4v) is 2.49. The lowest BCUT2D eigenvalue weighted by Gasteiger charge is -2.29. The smallest absolute Gasteiger partial charge is 0.138 e. The van der Waals surface area contributed by atoms with Crippen LogP contribution in [0.15, 0.2) is 18.2 Å². The van der Waals surface area contributed by atoms with Crippen molar-refractivity contribution in [3.05, 3.63) is 28.2 Å². The summed E-state index contributed by atoms with van der Waals surface area (Å²) < 4.78 is 5.51. The molecule has 106 valence electrons. The minimum Gasteiger partial charge on any atom is -0.489 e. The number of benzene rings is 1. The van der Waals surface area contributed by atoms with Gasteiger partial charge in [0.2, 0.25) is 0 Å². The second-order valence-corrected chi connectivity index (χ2v) is 5.43. The van der Waals surface area contributed by atoms with Crippen LogP contribution in [0.3, 0.4) is 0 Å². The molecule has 19 heavy (non-hydrogen) atoms. The summed E-state index contributed by atoms with van der Waals surface area (Å²) in [5.74, 6) is 0.547. The molecule has 1 saturated heterocycles. The Bertz CT molecular complexity index is 412. The topological polar surface area (TPSA) is 44.7 Å². The van der Waals surface area contributed by atoms with Crippen LogP contribution in [-0.2, 0) is 0 Å². The molecule has 1 aromatic rings. The van der Waals surface area contributed by atoms with Crippen molar-refractivity contribution in [2.45, 2.75) is 6.10 Å². The van der Waals surface area contributed by atoms with Crippen LogP contribution in [0, 0.1) is 0 Å². The van der Waals surface area contributed by atoms with Gasteiger partial charge in [0.05, 0.1) is 5.02 Å². The maximum absolute atomic E-state index is 9.95. The van der Waals surface area contributed by atoms with Crippen LogP contribution < -0.4 is 10.1 Å². The van der Waals surface area contributed by atoms with Gasteiger partial charge in [-0.2, -0.15) is 0 Å². The van der Waals surface area contributed by atoms with E-state index >= 15 is 0 Å². The Labute approximate surface area is 123 Å². The molecule has 0 saturated carbocycles. The number of aliphatic hydroxyl groups is 1. The number of nitrogens with one attached hydrogen (secondary N) is 1. The molecule has 6 heteroatoms. The number of hydrogen-bond acceptors (Lipinski definition) is 4. The number of aliphatic hydroxyl groups excluding tert-OH is 1. The minimum absolute atomic E-state index is 0.227. The Hall–Kier alpha value is -0.520. The van der Waals surface area contributed by atoms with E-state index in [0.29, 0.717) is 22.3 Å². The maximum Gasteiger partial charge on any atom is 0.138 e. The quantitative estimate of drug-likeness (QED) is 0.868. The zero-order valence-electron chi connectivity index (χ0n) is 10.6. The van der Waals surface area contributed by atoms with Crippen LogP contribution in [-0.4, -0.2) is 55.4 Å². The number of ether oxygens (including phenoxy) is 1. The summed E-state index contributed by atoms with van der Waals surface area (Å²) in [4.78, 5) is 2.22. The summed E-state index contributed by atoms with van der Waals surface area (Å²) in [6.07, 6.45) is -0.523. The highest BCUT2D eigenvalue weighted by atomic mass is 35.5. The zero-order valence-corrected chi connectivity index (χ0v) is 12.1. The van der Waals surface area contributed by atoms with Gasteiger partial charge in [-0.05, 0) is 18.2 Å². The molecule has 1 heterocycles. The normalized spacial score (nSPS) is 18.3. The first kappa shape index (κ1) is 14.9. The summed E-state index contributed by atoms with van der Waals surface area (Å²) in [5.41, 5.74) is 0. The van der Waals surface area contributed by atoms with E-state index in [0.717, 1.165) is 26.2 Å². The van der Waals surface area contributed by atoms with E-state index in [1.807, 2.05) is 0 Å². The van der Waals surface area contributed by atoms with Crippen molar-refractivity contribution in [1.82, 2.24) is 10.2 Å². The number of β-amino-alcohol motifs (C(OH)–C–C–N with tert-alkyl or cyclic N) is 1. The Balaban J connectivity index is 1.77. The highest BCUT2D eigenvalue weighted by Crippen LogP contribution is 2.27. The van der Waals surface area contributed by atoms with Crippen molar-refractivity contribution in [3.63, 3.8) is 0 Å². The zero-order chi connectivity index (χ0) is 13.7. The van der Waals surface area contributed by atoms with Crippen molar-refractivity contribution < 1.29 is 9.84 Å². The fraction of sp³-hybridized carbons (Fsp3) is 0.538. The van der Waals surface area contributed by atoms with E-state index in [1.54, 1.807) is 18.2 Å². The Morgan fingerprint density at radius 1 is 1.32 bits per heavy atom. The molecular formula is C13H18Cl2N2O2. The Morgan fingerprint density at radius 2 is 2.05 bits per heavy atom. The maximum atomic E-state index is 9.95. The van der Waals surface area contributed by atoms with Crippen molar-refractivity contribution in [2.24, 2.45) is 0 Å². The number of piperazine rings is 1. The summed E-state index contributed by atoms with van der Waals surface area (Å²) in [5, 5.41) is 14.3. The predicted molar refractivity (Wildman–Crippen MR) is 77.3 cm³/mol. The van der Waals surface area contributed by atoms with Gasteiger partial charge < -0.3 is 15.2 Å². The SMILES string of the molecule is O[C@H](COc1ccc(Cl)cc1Cl)CN1CCNCC1. The Kier molecular flexibility index (Phi) is 5.73. The lowest BCUT2D eigenvalue weighted by atomic mass is 10.3. The molecule has 0 unspecified atom stereocenters. The molecule has 0 amide bonds. The van der Waals surface area contributed by atoms with Gasteiger partial charge >= 0.3 is 0 Å². The standard InChI is InChI=1S/C13H18Cl2N2O2/c14-10-1-2-13(12(15)7-10)19-9-11(18)8-17-5-3-16-4-6-17/h1-2,7,11,16,18H,3-6,8-9H2/t11-/m0/s1. The molecule has 1 aromatic carbocycles. The summed E-state index contributed by atoms with van der Waals surface area (Å²) >= 11 is 11.8. The van der Waals surface area contributed by atoms with Gasteiger partial charge in [0.25, 0.3) is 0 Å². The molecule has 4 nitrogen and oxygen atoms in total. The van der Waals surface area contributed by atoms with E-state index in [9.17, 15) is 5.11 Å². The first-order valence-electron chi connectivity index (χ1n) is 6.34. The molecule has 0 radical (unpaired) electrons. The van der Waals surface area contributed by atoms with E-state index in [-0.39, 0.29) is 6.61 Å². The van der Waals surface area contributed by atoms with E-state index in [1.165, 1.54) is 0 Å². The number of halogens is 2. The fourth-order valence-electron chi connectivity index (χ4n) is 2.02. The summed E-state index contributed by atoms with van der Waals surface area (Å²) in [6, 6.07) is 5.05. The van der Waals surface area contributed by atoms with Gasteiger partial charge in [-0.1, -0.05) is 23.2 Å². The van der Waals surface area contributed by atoms with Gasteiger partial charge in [-0.15, -0.1) is 0 Å². The predicted octanol–water partition coefficient (Wildman–Crippen LogP) is 1.64. The minimum atomic E-state index is -0.523.